The fraction of sp³-hybridized carbons (Fsp3) is 0.812. The second-order valence-corrected chi connectivity index (χ2v) is 7.88. The van der Waals surface area contributed by atoms with Crippen molar-refractivity contribution in [2.75, 3.05) is 6.61 Å². The summed E-state index contributed by atoms with van der Waals surface area (Å²) in [5.41, 5.74) is -2.13. The van der Waals surface area contributed by atoms with E-state index in [9.17, 15) is 27.6 Å². The molecule has 3 amide bonds. The molecule has 25 heavy (non-hydrogen) atoms. The summed E-state index contributed by atoms with van der Waals surface area (Å²) < 4.78 is 45.4. The summed E-state index contributed by atoms with van der Waals surface area (Å²) in [7, 11) is 0. The molecule has 1 saturated heterocycles. The van der Waals surface area contributed by atoms with E-state index in [4.69, 9.17) is 0 Å². The van der Waals surface area contributed by atoms with Crippen molar-refractivity contribution in [3.63, 3.8) is 0 Å². The van der Waals surface area contributed by atoms with E-state index in [0.717, 1.165) is 9.80 Å². The van der Waals surface area contributed by atoms with Gasteiger partial charge in [-0.15, -0.1) is 0 Å². The lowest BCUT2D eigenvalue weighted by Crippen LogP contribution is -2.56. The van der Waals surface area contributed by atoms with Crippen molar-refractivity contribution in [1.29, 1.82) is 0 Å². The number of carbonyl (C=O) groups excluding carboxylic acids is 3. The first-order chi connectivity index (χ1) is 11.0. The molecule has 0 radical (unpaired) electrons. The van der Waals surface area contributed by atoms with Crippen molar-refractivity contribution in [1.82, 2.24) is 9.80 Å². The lowest BCUT2D eigenvalue weighted by atomic mass is 9.93. The number of ether oxygens (including phenoxy) is 1. The minimum atomic E-state index is -5.04. The smallest absolute Gasteiger partial charge is 0.404 e. The van der Waals surface area contributed by atoms with Crippen LogP contribution in [-0.2, 0) is 14.3 Å². The van der Waals surface area contributed by atoms with Crippen LogP contribution < -0.4 is 0 Å². The third-order valence-electron chi connectivity index (χ3n) is 3.75. The van der Waals surface area contributed by atoms with Crippen molar-refractivity contribution in [2.24, 2.45) is 5.92 Å². The minimum Gasteiger partial charge on any atom is -0.465 e. The standard InChI is InChI=1S/C16H25F3N2O4/c1-8-25-12(23)9(16(17,18)19)10-11(22)21(15(5,6)7)13(24)20(10)14(2,3)4/h9-10H,8H2,1-7H3/t9-,10-/m0/s1. The molecule has 6 nitrogen and oxygen atoms in total. The average Bonchev–Trinajstić information content (AvgIpc) is 2.58. The fourth-order valence-corrected chi connectivity index (χ4v) is 2.85. The Morgan fingerprint density at radius 1 is 1.08 bits per heavy atom. The molecule has 0 aromatic carbocycles. The number of imide groups is 1. The molecule has 1 fully saturated rings. The van der Waals surface area contributed by atoms with Crippen molar-refractivity contribution in [2.45, 2.75) is 71.8 Å². The molecule has 0 spiro atoms. The molecule has 0 aliphatic carbocycles. The van der Waals surface area contributed by atoms with E-state index in [1.807, 2.05) is 0 Å². The van der Waals surface area contributed by atoms with Crippen LogP contribution in [0.2, 0.25) is 0 Å². The molecule has 0 aromatic rings. The first-order valence-corrected chi connectivity index (χ1v) is 7.95. The number of hydrogen-bond donors (Lipinski definition) is 0. The zero-order valence-electron chi connectivity index (χ0n) is 15.5. The third kappa shape index (κ3) is 4.07. The molecule has 0 aromatic heterocycles. The van der Waals surface area contributed by atoms with Crippen LogP contribution in [0.3, 0.4) is 0 Å². The first kappa shape index (κ1) is 21.2. The number of urea groups is 1. The normalized spacial score (nSPS) is 21.0. The van der Waals surface area contributed by atoms with Crippen LogP contribution in [0.15, 0.2) is 0 Å². The zero-order chi connectivity index (χ0) is 20.0. The van der Waals surface area contributed by atoms with Crippen LogP contribution in [-0.4, -0.2) is 57.6 Å². The van der Waals surface area contributed by atoms with Gasteiger partial charge in [0.05, 0.1) is 6.61 Å². The summed E-state index contributed by atoms with van der Waals surface area (Å²) in [4.78, 5) is 39.1. The Bertz CT molecular complexity index is 561. The van der Waals surface area contributed by atoms with E-state index in [1.165, 1.54) is 27.7 Å². The Kier molecular flexibility index (Phi) is 5.52. The van der Waals surface area contributed by atoms with Crippen molar-refractivity contribution < 1.29 is 32.3 Å². The molecule has 144 valence electrons. The predicted molar refractivity (Wildman–Crippen MR) is 83.6 cm³/mol. The maximum absolute atomic E-state index is 13.6. The van der Waals surface area contributed by atoms with Gasteiger partial charge >= 0.3 is 18.2 Å². The van der Waals surface area contributed by atoms with Crippen molar-refractivity contribution in [3.8, 4) is 0 Å². The Labute approximate surface area is 145 Å². The number of esters is 1. The lowest BCUT2D eigenvalue weighted by Gasteiger charge is -2.38. The number of carbonyl (C=O) groups is 3. The summed E-state index contributed by atoms with van der Waals surface area (Å²) in [6.07, 6.45) is -5.04. The Morgan fingerprint density at radius 2 is 1.56 bits per heavy atom. The molecule has 1 aliphatic heterocycles. The molecule has 0 unspecified atom stereocenters. The Hall–Kier alpha value is -1.80. The Morgan fingerprint density at radius 3 is 1.88 bits per heavy atom. The number of nitrogens with zero attached hydrogens (tertiary/aromatic N) is 2. The summed E-state index contributed by atoms with van der Waals surface area (Å²) in [5.74, 6) is -5.36. The predicted octanol–water partition coefficient (Wildman–Crippen LogP) is 2.96. The quantitative estimate of drug-likeness (QED) is 0.569. The number of alkyl halides is 3. The van der Waals surface area contributed by atoms with Gasteiger partial charge in [-0.25, -0.2) is 4.79 Å². The van der Waals surface area contributed by atoms with Gasteiger partial charge in [0, 0.05) is 11.1 Å². The van der Waals surface area contributed by atoms with E-state index in [2.05, 4.69) is 4.74 Å². The second kappa shape index (κ2) is 6.49. The highest BCUT2D eigenvalue weighted by molar-refractivity contribution is 6.07. The number of amides is 3. The van der Waals surface area contributed by atoms with Crippen LogP contribution >= 0.6 is 0 Å². The van der Waals surface area contributed by atoms with Gasteiger partial charge < -0.3 is 9.64 Å². The zero-order valence-corrected chi connectivity index (χ0v) is 15.5. The maximum atomic E-state index is 13.6. The van der Waals surface area contributed by atoms with Crippen LogP contribution in [0.4, 0.5) is 18.0 Å². The van der Waals surface area contributed by atoms with Gasteiger partial charge in [-0.1, -0.05) is 0 Å². The molecule has 2 atom stereocenters. The molecule has 9 heteroatoms. The molecular formula is C16H25F3N2O4. The molecule has 1 aliphatic rings. The number of hydrogen-bond acceptors (Lipinski definition) is 4. The van der Waals surface area contributed by atoms with Crippen LogP contribution in [0, 0.1) is 5.92 Å². The van der Waals surface area contributed by atoms with Gasteiger partial charge in [0.2, 0.25) is 0 Å². The average molecular weight is 366 g/mol. The van der Waals surface area contributed by atoms with Gasteiger partial charge in [-0.3, -0.25) is 14.5 Å². The van der Waals surface area contributed by atoms with E-state index in [0.29, 0.717) is 0 Å². The molecule has 0 N–H and O–H groups in total. The summed E-state index contributed by atoms with van der Waals surface area (Å²) in [6.45, 7) is 10.3. The van der Waals surface area contributed by atoms with E-state index in [1.54, 1.807) is 20.8 Å². The van der Waals surface area contributed by atoms with E-state index >= 15 is 0 Å². The monoisotopic (exact) mass is 366 g/mol. The van der Waals surface area contributed by atoms with Gasteiger partial charge in [0.1, 0.15) is 6.04 Å². The van der Waals surface area contributed by atoms with Gasteiger partial charge in [-0.05, 0) is 48.5 Å². The third-order valence-corrected chi connectivity index (χ3v) is 3.75. The Balaban J connectivity index is 3.56. The van der Waals surface area contributed by atoms with Crippen LogP contribution in [0.1, 0.15) is 48.5 Å². The lowest BCUT2D eigenvalue weighted by molar-refractivity contribution is -0.208. The molecule has 1 heterocycles. The minimum absolute atomic E-state index is 0.265. The number of rotatable bonds is 3. The molecule has 0 saturated carbocycles. The highest BCUT2D eigenvalue weighted by atomic mass is 19.4. The van der Waals surface area contributed by atoms with Crippen molar-refractivity contribution >= 4 is 17.9 Å². The van der Waals surface area contributed by atoms with E-state index < -0.39 is 47.1 Å². The van der Waals surface area contributed by atoms with E-state index in [-0.39, 0.29) is 6.61 Å². The fourth-order valence-electron chi connectivity index (χ4n) is 2.85. The van der Waals surface area contributed by atoms with Gasteiger partial charge in [0.25, 0.3) is 5.91 Å². The molecular weight excluding hydrogens is 341 g/mol. The largest absolute Gasteiger partial charge is 0.465 e. The highest BCUT2D eigenvalue weighted by Crippen LogP contribution is 2.41. The highest BCUT2D eigenvalue weighted by Gasteiger charge is 2.63. The summed E-state index contributed by atoms with van der Waals surface area (Å²) in [5, 5.41) is 0. The summed E-state index contributed by atoms with van der Waals surface area (Å²) in [6, 6.07) is -2.85. The van der Waals surface area contributed by atoms with Gasteiger partial charge in [-0.2, -0.15) is 13.2 Å². The first-order valence-electron chi connectivity index (χ1n) is 7.95. The summed E-state index contributed by atoms with van der Waals surface area (Å²) >= 11 is 0. The molecule has 0 bridgehead atoms. The van der Waals surface area contributed by atoms with Crippen LogP contribution in [0.25, 0.3) is 0 Å². The number of halogens is 3. The van der Waals surface area contributed by atoms with Crippen LogP contribution in [0.5, 0.6) is 0 Å². The SMILES string of the molecule is CCOC(=O)[C@H]([C@H]1C(=O)N(C(C)(C)C)C(=O)N1C(C)(C)C)C(F)(F)F. The molecule has 1 rings (SSSR count). The topological polar surface area (TPSA) is 66.9 Å². The van der Waals surface area contributed by atoms with Gasteiger partial charge in [0.15, 0.2) is 5.92 Å². The maximum Gasteiger partial charge on any atom is 0.404 e. The van der Waals surface area contributed by atoms with Crippen molar-refractivity contribution in [3.05, 3.63) is 0 Å². The second-order valence-electron chi connectivity index (χ2n) is 7.88.